The van der Waals surface area contributed by atoms with Crippen LogP contribution in [0.4, 0.5) is 0 Å². The molecule has 0 spiro atoms. The van der Waals surface area contributed by atoms with Crippen LogP contribution in [-0.2, 0) is 0 Å². The van der Waals surface area contributed by atoms with Gasteiger partial charge in [-0.05, 0) is 42.5 Å². The number of carbonyl (C=O) groups is 2. The highest BCUT2D eigenvalue weighted by Crippen LogP contribution is 2.28. The third-order valence-electron chi connectivity index (χ3n) is 4.14. The number of rotatable bonds is 3. The van der Waals surface area contributed by atoms with Gasteiger partial charge in [0.15, 0.2) is 0 Å². The molecule has 4 aromatic rings. The number of benzene rings is 3. The number of carbonyl (C=O) groups excluding carboxylic acids is 2. The molecular weight excluding hydrogens is 326 g/mol. The number of ether oxygens (including phenoxy) is 1. The van der Waals surface area contributed by atoms with Crippen LogP contribution >= 0.6 is 0 Å². The highest BCUT2D eigenvalue weighted by Gasteiger charge is 2.15. The summed E-state index contributed by atoms with van der Waals surface area (Å²) in [6, 6.07) is 25.0. The van der Waals surface area contributed by atoms with Gasteiger partial charge in [-0.3, -0.25) is 9.36 Å². The molecule has 4 nitrogen and oxygen atoms in total. The van der Waals surface area contributed by atoms with Crippen molar-refractivity contribution in [1.29, 1.82) is 0 Å². The second-order valence-electron chi connectivity index (χ2n) is 5.80. The molecule has 4 rings (SSSR count). The zero-order valence-corrected chi connectivity index (χ0v) is 13.8. The Morgan fingerprint density at radius 2 is 1.35 bits per heavy atom. The van der Waals surface area contributed by atoms with Crippen molar-refractivity contribution in [1.82, 2.24) is 4.57 Å². The molecule has 0 unspecified atom stereocenters. The van der Waals surface area contributed by atoms with Gasteiger partial charge in [0.25, 0.3) is 5.91 Å². The molecule has 1 aromatic heterocycles. The van der Waals surface area contributed by atoms with Gasteiger partial charge in [-0.15, -0.1) is 0 Å². The summed E-state index contributed by atoms with van der Waals surface area (Å²) >= 11 is 0. The van der Waals surface area contributed by atoms with Crippen LogP contribution in [0.15, 0.2) is 91.1 Å². The molecule has 26 heavy (non-hydrogen) atoms. The van der Waals surface area contributed by atoms with Crippen molar-refractivity contribution < 1.29 is 14.3 Å². The fourth-order valence-corrected chi connectivity index (χ4v) is 2.86. The minimum atomic E-state index is -0.430. The zero-order valence-electron chi connectivity index (χ0n) is 13.8. The van der Waals surface area contributed by atoms with Crippen LogP contribution < -0.4 is 4.74 Å². The monoisotopic (exact) mass is 341 g/mol. The number of hydrogen-bond donors (Lipinski definition) is 0. The molecular formula is C22H15NO3. The topological polar surface area (TPSA) is 48.3 Å². The van der Waals surface area contributed by atoms with E-state index in [9.17, 15) is 9.59 Å². The summed E-state index contributed by atoms with van der Waals surface area (Å²) in [6.45, 7) is 0. The first kappa shape index (κ1) is 15.8. The first-order valence-electron chi connectivity index (χ1n) is 8.21. The van der Waals surface area contributed by atoms with Gasteiger partial charge in [-0.25, -0.2) is 4.79 Å². The summed E-state index contributed by atoms with van der Waals surface area (Å²) in [5, 5.41) is 0.709. The lowest BCUT2D eigenvalue weighted by atomic mass is 10.2. The van der Waals surface area contributed by atoms with Gasteiger partial charge in [0.05, 0.1) is 11.1 Å². The Kier molecular flexibility index (Phi) is 4.07. The van der Waals surface area contributed by atoms with Gasteiger partial charge in [-0.2, -0.15) is 0 Å². The van der Waals surface area contributed by atoms with E-state index in [0.717, 1.165) is 0 Å². The molecule has 0 radical (unpaired) electrons. The Balaban J connectivity index is 1.70. The molecule has 1 heterocycles. The Morgan fingerprint density at radius 3 is 2.04 bits per heavy atom. The van der Waals surface area contributed by atoms with Gasteiger partial charge in [0.2, 0.25) is 0 Å². The fraction of sp³-hybridized carbons (Fsp3) is 0. The Morgan fingerprint density at radius 1 is 0.692 bits per heavy atom. The normalized spacial score (nSPS) is 10.6. The number of hydrogen-bond acceptors (Lipinski definition) is 3. The molecule has 126 valence electrons. The molecule has 0 atom stereocenters. The van der Waals surface area contributed by atoms with E-state index in [0.29, 0.717) is 27.8 Å². The van der Waals surface area contributed by atoms with Crippen molar-refractivity contribution in [2.75, 3.05) is 0 Å². The summed E-state index contributed by atoms with van der Waals surface area (Å²) in [5.74, 6) is -0.136. The van der Waals surface area contributed by atoms with Gasteiger partial charge < -0.3 is 4.74 Å². The number of fused-ring (bicyclic) bond motifs is 1. The smallest absolute Gasteiger partial charge is 0.343 e. The molecule has 0 aliphatic rings. The van der Waals surface area contributed by atoms with Crippen molar-refractivity contribution in [3.8, 4) is 5.75 Å². The average molecular weight is 341 g/mol. The van der Waals surface area contributed by atoms with Crippen LogP contribution in [0.25, 0.3) is 10.9 Å². The van der Waals surface area contributed by atoms with E-state index in [4.69, 9.17) is 4.74 Å². The van der Waals surface area contributed by atoms with Crippen molar-refractivity contribution >= 4 is 22.8 Å². The summed E-state index contributed by atoms with van der Waals surface area (Å²) in [5.41, 5.74) is 1.76. The molecule has 4 heteroatoms. The second kappa shape index (κ2) is 6.69. The zero-order chi connectivity index (χ0) is 17.9. The third-order valence-corrected chi connectivity index (χ3v) is 4.14. The minimum Gasteiger partial charge on any atom is -0.422 e. The molecule has 0 saturated heterocycles. The number of aromatic nitrogens is 1. The van der Waals surface area contributed by atoms with E-state index in [2.05, 4.69) is 0 Å². The second-order valence-corrected chi connectivity index (χ2v) is 5.80. The Labute approximate surface area is 150 Å². The molecule has 0 fully saturated rings. The molecule has 0 aliphatic heterocycles. The molecule has 0 saturated carbocycles. The van der Waals surface area contributed by atoms with E-state index in [1.807, 2.05) is 30.3 Å². The van der Waals surface area contributed by atoms with Crippen LogP contribution in [0, 0.1) is 0 Å². The maximum atomic E-state index is 12.7. The largest absolute Gasteiger partial charge is 0.422 e. The predicted molar refractivity (Wildman–Crippen MR) is 99.5 cm³/mol. The maximum Gasteiger partial charge on any atom is 0.343 e. The lowest BCUT2D eigenvalue weighted by Crippen LogP contribution is -2.11. The molecule has 0 amide bonds. The lowest BCUT2D eigenvalue weighted by Gasteiger charge is -2.07. The molecule has 0 bridgehead atoms. The van der Waals surface area contributed by atoms with E-state index in [-0.39, 0.29) is 5.91 Å². The van der Waals surface area contributed by atoms with Crippen molar-refractivity contribution in [2.45, 2.75) is 0 Å². The van der Waals surface area contributed by atoms with Crippen LogP contribution in [-0.4, -0.2) is 16.4 Å². The first-order valence-corrected chi connectivity index (χ1v) is 8.21. The van der Waals surface area contributed by atoms with Crippen LogP contribution in [0.3, 0.4) is 0 Å². The number of nitrogens with zero attached hydrogens (tertiary/aromatic N) is 1. The van der Waals surface area contributed by atoms with Gasteiger partial charge in [-0.1, -0.05) is 42.5 Å². The summed E-state index contributed by atoms with van der Waals surface area (Å²) in [6.07, 6.45) is 1.69. The van der Waals surface area contributed by atoms with Gasteiger partial charge >= 0.3 is 5.97 Å². The first-order chi connectivity index (χ1) is 12.7. The molecule has 3 aromatic carbocycles. The standard InChI is InChI=1S/C22H15NO3/c24-21(16-8-3-1-4-9-16)23-15-14-18-19(23)12-7-13-20(18)26-22(25)17-10-5-2-6-11-17/h1-15H. The van der Waals surface area contributed by atoms with Crippen molar-refractivity contribution in [3.05, 3.63) is 102 Å². The Hall–Kier alpha value is -3.66. The minimum absolute atomic E-state index is 0.132. The van der Waals surface area contributed by atoms with E-state index in [1.54, 1.807) is 65.4 Å². The highest BCUT2D eigenvalue weighted by molar-refractivity contribution is 6.04. The average Bonchev–Trinajstić information content (AvgIpc) is 3.14. The number of esters is 1. The fourth-order valence-electron chi connectivity index (χ4n) is 2.86. The van der Waals surface area contributed by atoms with Crippen LogP contribution in [0.1, 0.15) is 20.7 Å². The third kappa shape index (κ3) is 2.89. The SMILES string of the molecule is O=C(Oc1cccc2c1ccn2C(=O)c1ccccc1)c1ccccc1. The van der Waals surface area contributed by atoms with Crippen LogP contribution in [0.5, 0.6) is 5.75 Å². The van der Waals surface area contributed by atoms with Crippen LogP contribution in [0.2, 0.25) is 0 Å². The highest BCUT2D eigenvalue weighted by atomic mass is 16.5. The Bertz CT molecular complexity index is 1080. The molecule has 0 N–H and O–H groups in total. The van der Waals surface area contributed by atoms with E-state index in [1.165, 1.54) is 0 Å². The summed E-state index contributed by atoms with van der Waals surface area (Å²) in [7, 11) is 0. The van der Waals surface area contributed by atoms with Crippen molar-refractivity contribution in [2.24, 2.45) is 0 Å². The van der Waals surface area contributed by atoms with Gasteiger partial charge in [0.1, 0.15) is 5.75 Å². The van der Waals surface area contributed by atoms with E-state index >= 15 is 0 Å². The van der Waals surface area contributed by atoms with Crippen molar-refractivity contribution in [3.63, 3.8) is 0 Å². The maximum absolute atomic E-state index is 12.7. The molecule has 0 aliphatic carbocycles. The van der Waals surface area contributed by atoms with Gasteiger partial charge in [0, 0.05) is 17.1 Å². The summed E-state index contributed by atoms with van der Waals surface area (Å²) in [4.78, 5) is 25.1. The predicted octanol–water partition coefficient (Wildman–Crippen LogP) is 4.55. The van der Waals surface area contributed by atoms with E-state index < -0.39 is 5.97 Å². The lowest BCUT2D eigenvalue weighted by molar-refractivity contribution is 0.0737. The summed E-state index contributed by atoms with van der Waals surface area (Å²) < 4.78 is 7.11. The quantitative estimate of drug-likeness (QED) is 0.406.